The van der Waals surface area contributed by atoms with E-state index >= 15 is 0 Å². The fourth-order valence-corrected chi connectivity index (χ4v) is 5.01. The zero-order valence-corrected chi connectivity index (χ0v) is 19.2. The molecule has 2 aliphatic rings. The molecule has 1 aliphatic heterocycles. The van der Waals surface area contributed by atoms with Gasteiger partial charge in [-0.25, -0.2) is 0 Å². The molecule has 8 nitrogen and oxygen atoms in total. The van der Waals surface area contributed by atoms with E-state index in [2.05, 4.69) is 36.9 Å². The standard InChI is InChI=1S/C23H27N3O5S/c1-23(2,3)15-5-7-18-14(8-15)10-19(32-18)22(29)26-25-20(27)11-24-21(28)13-4-6-16-17(9-13)31-12-30-16/h4,6,9-10,15H,5,7-8,11-12H2,1-3H3,(H,24,28)(H,25,27)(H,26,29). The van der Waals surface area contributed by atoms with Crippen LogP contribution in [0.5, 0.6) is 11.5 Å². The number of ether oxygens (including phenoxy) is 2. The van der Waals surface area contributed by atoms with Crippen LogP contribution in [0.2, 0.25) is 0 Å². The van der Waals surface area contributed by atoms with Crippen LogP contribution in [-0.4, -0.2) is 31.1 Å². The zero-order valence-electron chi connectivity index (χ0n) is 18.4. The Morgan fingerprint density at radius 1 is 1.06 bits per heavy atom. The van der Waals surface area contributed by atoms with Gasteiger partial charge in [-0.15, -0.1) is 11.3 Å². The topological polar surface area (TPSA) is 106 Å². The Kier molecular flexibility index (Phi) is 6.10. The van der Waals surface area contributed by atoms with Gasteiger partial charge in [0.05, 0.1) is 11.4 Å². The van der Waals surface area contributed by atoms with Gasteiger partial charge in [0.1, 0.15) is 0 Å². The highest BCUT2D eigenvalue weighted by Gasteiger charge is 2.30. The van der Waals surface area contributed by atoms with Crippen LogP contribution in [0.3, 0.4) is 0 Å². The number of hydrogen-bond donors (Lipinski definition) is 3. The van der Waals surface area contributed by atoms with Crippen molar-refractivity contribution in [1.29, 1.82) is 0 Å². The molecule has 0 spiro atoms. The molecular formula is C23H27N3O5S. The number of hydrogen-bond acceptors (Lipinski definition) is 6. The number of rotatable bonds is 4. The molecule has 1 aliphatic carbocycles. The Balaban J connectivity index is 1.25. The fourth-order valence-electron chi connectivity index (χ4n) is 3.91. The first-order chi connectivity index (χ1) is 15.2. The second-order valence-corrected chi connectivity index (χ2v) is 10.3. The molecule has 1 unspecified atom stereocenters. The van der Waals surface area contributed by atoms with Crippen LogP contribution in [0.4, 0.5) is 0 Å². The second-order valence-electron chi connectivity index (χ2n) is 9.12. The lowest BCUT2D eigenvalue weighted by molar-refractivity contribution is -0.120. The van der Waals surface area contributed by atoms with Crippen molar-refractivity contribution < 1.29 is 23.9 Å². The molecule has 4 rings (SSSR count). The molecule has 1 atom stereocenters. The van der Waals surface area contributed by atoms with Gasteiger partial charge >= 0.3 is 0 Å². The number of fused-ring (bicyclic) bond motifs is 2. The van der Waals surface area contributed by atoms with Crippen LogP contribution >= 0.6 is 11.3 Å². The van der Waals surface area contributed by atoms with Crippen LogP contribution in [0, 0.1) is 11.3 Å². The maximum Gasteiger partial charge on any atom is 0.279 e. The third-order valence-electron chi connectivity index (χ3n) is 5.89. The average molecular weight is 458 g/mol. The minimum atomic E-state index is -0.526. The van der Waals surface area contributed by atoms with Crippen molar-refractivity contribution in [1.82, 2.24) is 16.2 Å². The van der Waals surface area contributed by atoms with Crippen molar-refractivity contribution in [3.8, 4) is 11.5 Å². The molecule has 32 heavy (non-hydrogen) atoms. The number of carbonyl (C=O) groups excluding carboxylic acids is 3. The highest BCUT2D eigenvalue weighted by molar-refractivity contribution is 7.14. The molecule has 3 N–H and O–H groups in total. The van der Waals surface area contributed by atoms with Crippen molar-refractivity contribution in [2.75, 3.05) is 13.3 Å². The average Bonchev–Trinajstić information content (AvgIpc) is 3.40. The van der Waals surface area contributed by atoms with Gasteiger partial charge in [0.15, 0.2) is 11.5 Å². The van der Waals surface area contributed by atoms with Crippen molar-refractivity contribution >= 4 is 29.1 Å². The van der Waals surface area contributed by atoms with Crippen LogP contribution < -0.4 is 25.6 Å². The van der Waals surface area contributed by atoms with E-state index in [4.69, 9.17) is 9.47 Å². The molecule has 170 valence electrons. The highest BCUT2D eigenvalue weighted by Crippen LogP contribution is 2.40. The molecule has 0 saturated heterocycles. The Hall–Kier alpha value is -3.07. The first-order valence-electron chi connectivity index (χ1n) is 10.6. The SMILES string of the molecule is CC(C)(C)C1CCc2sc(C(=O)NNC(=O)CNC(=O)c3ccc4c(c3)OCO4)cc2C1. The van der Waals surface area contributed by atoms with Crippen LogP contribution in [0.25, 0.3) is 0 Å². The van der Waals surface area contributed by atoms with E-state index in [-0.39, 0.29) is 24.7 Å². The van der Waals surface area contributed by atoms with E-state index in [0.29, 0.717) is 27.9 Å². The third kappa shape index (κ3) is 4.88. The summed E-state index contributed by atoms with van der Waals surface area (Å²) >= 11 is 1.48. The van der Waals surface area contributed by atoms with E-state index in [1.54, 1.807) is 18.2 Å². The first-order valence-corrected chi connectivity index (χ1v) is 11.4. The largest absolute Gasteiger partial charge is 0.454 e. The normalized spacial score (nSPS) is 16.8. The summed E-state index contributed by atoms with van der Waals surface area (Å²) in [6.45, 7) is 6.60. The summed E-state index contributed by atoms with van der Waals surface area (Å²) in [7, 11) is 0. The molecule has 2 aromatic rings. The maximum absolute atomic E-state index is 12.5. The van der Waals surface area contributed by atoms with Crippen LogP contribution in [-0.2, 0) is 17.6 Å². The maximum atomic E-state index is 12.5. The van der Waals surface area contributed by atoms with Crippen molar-refractivity contribution in [3.05, 3.63) is 45.1 Å². The van der Waals surface area contributed by atoms with Gasteiger partial charge in [-0.3, -0.25) is 25.2 Å². The molecule has 3 amide bonds. The molecule has 0 saturated carbocycles. The first kappa shape index (κ1) is 22.1. The zero-order chi connectivity index (χ0) is 22.9. The minimum Gasteiger partial charge on any atom is -0.454 e. The van der Waals surface area contributed by atoms with E-state index in [1.807, 2.05) is 6.07 Å². The molecule has 1 aromatic carbocycles. The summed E-state index contributed by atoms with van der Waals surface area (Å²) in [4.78, 5) is 38.6. The lowest BCUT2D eigenvalue weighted by Crippen LogP contribution is -2.46. The van der Waals surface area contributed by atoms with Gasteiger partial charge in [-0.1, -0.05) is 20.8 Å². The monoisotopic (exact) mass is 457 g/mol. The third-order valence-corrected chi connectivity index (χ3v) is 7.13. The Labute approximate surface area is 190 Å². The molecule has 0 bridgehead atoms. The van der Waals surface area contributed by atoms with Gasteiger partial charge in [0.25, 0.3) is 17.7 Å². The van der Waals surface area contributed by atoms with Crippen LogP contribution in [0.1, 0.15) is 57.7 Å². The van der Waals surface area contributed by atoms with Gasteiger partial charge in [0.2, 0.25) is 6.79 Å². The van der Waals surface area contributed by atoms with E-state index in [1.165, 1.54) is 21.8 Å². The lowest BCUT2D eigenvalue weighted by atomic mass is 9.72. The Morgan fingerprint density at radius 2 is 1.84 bits per heavy atom. The smallest absolute Gasteiger partial charge is 0.279 e. The quantitative estimate of drug-likeness (QED) is 0.613. The number of benzene rings is 1. The summed E-state index contributed by atoms with van der Waals surface area (Å²) < 4.78 is 10.5. The Bertz CT molecular complexity index is 1060. The number of amides is 3. The minimum absolute atomic E-state index is 0.118. The van der Waals surface area contributed by atoms with Gasteiger partial charge in [-0.05, 0) is 60.4 Å². The summed E-state index contributed by atoms with van der Waals surface area (Å²) in [6, 6.07) is 6.72. The summed E-state index contributed by atoms with van der Waals surface area (Å²) in [6.07, 6.45) is 3.08. The molecular weight excluding hydrogens is 430 g/mol. The van der Waals surface area contributed by atoms with Crippen molar-refractivity contribution in [3.63, 3.8) is 0 Å². The van der Waals surface area contributed by atoms with E-state index in [9.17, 15) is 14.4 Å². The highest BCUT2D eigenvalue weighted by atomic mass is 32.1. The summed E-state index contributed by atoms with van der Waals surface area (Å²) in [5, 5.41) is 2.52. The number of aryl methyl sites for hydroxylation is 1. The number of carbonyl (C=O) groups is 3. The lowest BCUT2D eigenvalue weighted by Gasteiger charge is -2.33. The summed E-state index contributed by atoms with van der Waals surface area (Å²) in [5.74, 6) is 0.347. The molecule has 0 fully saturated rings. The number of hydrazine groups is 1. The predicted molar refractivity (Wildman–Crippen MR) is 120 cm³/mol. The second kappa shape index (κ2) is 8.82. The summed E-state index contributed by atoms with van der Waals surface area (Å²) in [5.41, 5.74) is 6.60. The fraction of sp³-hybridized carbons (Fsp3) is 0.435. The van der Waals surface area contributed by atoms with Crippen LogP contribution in [0.15, 0.2) is 24.3 Å². The van der Waals surface area contributed by atoms with Gasteiger partial charge in [0, 0.05) is 10.4 Å². The number of nitrogens with one attached hydrogen (secondary N) is 3. The molecule has 9 heteroatoms. The molecule has 0 radical (unpaired) electrons. The number of thiophene rings is 1. The van der Waals surface area contributed by atoms with E-state index < -0.39 is 11.8 Å². The molecule has 1 aromatic heterocycles. The van der Waals surface area contributed by atoms with Gasteiger partial charge < -0.3 is 14.8 Å². The van der Waals surface area contributed by atoms with E-state index in [0.717, 1.165) is 19.3 Å². The Morgan fingerprint density at radius 3 is 2.62 bits per heavy atom. The van der Waals surface area contributed by atoms with Crippen molar-refractivity contribution in [2.24, 2.45) is 11.3 Å². The van der Waals surface area contributed by atoms with Crippen molar-refractivity contribution in [2.45, 2.75) is 40.0 Å². The predicted octanol–water partition coefficient (Wildman–Crippen LogP) is 2.82. The molecule has 2 heterocycles. The van der Waals surface area contributed by atoms with Gasteiger partial charge in [-0.2, -0.15) is 0 Å².